The fraction of sp³-hybridized carbons (Fsp3) is 0.466. The van der Waals surface area contributed by atoms with Gasteiger partial charge in [0.15, 0.2) is 11.6 Å². The lowest BCUT2D eigenvalue weighted by molar-refractivity contribution is -0.130. The molecular weight excluding hydrogens is 943 g/mol. The second-order valence-corrected chi connectivity index (χ2v) is 21.0. The van der Waals surface area contributed by atoms with Gasteiger partial charge in [0.25, 0.3) is 12.4 Å². The Balaban J connectivity index is 0.000000212. The van der Waals surface area contributed by atoms with Gasteiger partial charge in [0.2, 0.25) is 0 Å². The smallest absolute Gasteiger partial charge is 0.319 e. The molecule has 3 aromatic carbocycles. The van der Waals surface area contributed by atoms with Gasteiger partial charge in [-0.25, -0.2) is 8.78 Å². The largest absolute Gasteiger partial charge is 0.466 e. The number of nitrogens with zero attached hydrogens (tertiary/aromatic N) is 7. The SMILES string of the molecule is C.C#Cc1c(F)ccc2cccc(-c3ncc4c(N5CC6CCC(C5)N6)nc(OCC56CCC(COC=O)N5CC(=C)C6)nc4c3F)c12.CC(=O)CCC(C(C)=O)N1Cc2c(cccc2C2CCN(C)CC2)C1=O. The second kappa shape index (κ2) is 21.7. The van der Waals surface area contributed by atoms with Gasteiger partial charge >= 0.3 is 6.01 Å². The van der Waals surface area contributed by atoms with Crippen LogP contribution in [0.4, 0.5) is 14.6 Å². The van der Waals surface area contributed by atoms with Crippen molar-refractivity contribution in [2.75, 3.05) is 57.9 Å². The van der Waals surface area contributed by atoms with Gasteiger partial charge in [0.1, 0.15) is 41.8 Å². The topological polar surface area (TPSA) is 150 Å². The molecule has 5 saturated heterocycles. The number of piperazine rings is 1. The van der Waals surface area contributed by atoms with Gasteiger partial charge in [-0.05, 0) is 120 Å². The Morgan fingerprint density at radius 2 is 1.74 bits per heavy atom. The summed E-state index contributed by atoms with van der Waals surface area (Å²) in [6.45, 7) is 13.1. The number of carbonyl (C=O) groups is 4. The summed E-state index contributed by atoms with van der Waals surface area (Å²) in [4.78, 5) is 70.0. The molecule has 6 aliphatic rings. The van der Waals surface area contributed by atoms with E-state index in [9.17, 15) is 23.6 Å². The maximum atomic E-state index is 16.8. The number of fused-ring (bicyclic) bond motifs is 6. The number of ketones is 2. The van der Waals surface area contributed by atoms with Gasteiger partial charge in [0, 0.05) is 73.4 Å². The molecule has 14 nitrogen and oxygen atoms in total. The number of pyridine rings is 1. The molecule has 5 fully saturated rings. The van der Waals surface area contributed by atoms with Gasteiger partial charge in [-0.1, -0.05) is 61.9 Å². The first kappa shape index (κ1) is 52.2. The molecular formula is C58H66F2N8O6. The molecule has 0 aliphatic carbocycles. The van der Waals surface area contributed by atoms with Crippen LogP contribution < -0.4 is 15.0 Å². The summed E-state index contributed by atoms with van der Waals surface area (Å²) in [6.07, 6.45) is 14.8. The van der Waals surface area contributed by atoms with Crippen molar-refractivity contribution in [3.8, 4) is 29.6 Å². The van der Waals surface area contributed by atoms with Crippen LogP contribution in [-0.2, 0) is 25.7 Å². The molecule has 0 spiro atoms. The zero-order valence-corrected chi connectivity index (χ0v) is 41.8. The van der Waals surface area contributed by atoms with Crippen LogP contribution >= 0.6 is 0 Å². The summed E-state index contributed by atoms with van der Waals surface area (Å²) < 4.78 is 43.2. The predicted molar refractivity (Wildman–Crippen MR) is 281 cm³/mol. The van der Waals surface area contributed by atoms with Crippen molar-refractivity contribution in [3.05, 3.63) is 101 Å². The lowest BCUT2D eigenvalue weighted by Crippen LogP contribution is -2.51. The minimum atomic E-state index is -0.658. The standard InChI is InChI=1S/C36H34F2N6O3.C21H28N2O3.CH4/c1-3-26-29(37)10-7-22-5-4-6-27(30(22)26)32-31(38)33-28(14-39-32)34(43-16-23-8-9-24(17-43)40-23)42-35(41-33)47-19-36-12-11-25(18-46-20-45)44(36)15-21(2)13-36;1-14(24)7-8-20(15(2)25)23-13-19-17(5-4-6-18(19)21(23)26)16-9-11-22(3)12-10-16;/h1,4-7,10,14,20,23-25,40H,2,8-9,11-13,15-19H2;4-6,16,20H,7-13H2,1-3H3;1H4. The maximum Gasteiger partial charge on any atom is 0.319 e. The normalized spacial score (nSPS) is 22.9. The molecule has 11 rings (SSSR count). The first-order chi connectivity index (χ1) is 35.2. The molecule has 6 aliphatic heterocycles. The van der Waals surface area contributed by atoms with E-state index in [0.717, 1.165) is 87.8 Å². The lowest BCUT2D eigenvalue weighted by atomic mass is 9.85. The third-order valence-corrected chi connectivity index (χ3v) is 16.2. The highest BCUT2D eigenvalue weighted by Gasteiger charge is 2.51. The fourth-order valence-corrected chi connectivity index (χ4v) is 12.5. The molecule has 1 N–H and O–H groups in total. The Hall–Kier alpha value is -6.67. The van der Waals surface area contributed by atoms with Crippen LogP contribution in [0.1, 0.15) is 112 Å². The van der Waals surface area contributed by atoms with Gasteiger partial charge in [-0.3, -0.25) is 24.3 Å². The summed E-state index contributed by atoms with van der Waals surface area (Å²) in [5.74, 6) is 2.20. The summed E-state index contributed by atoms with van der Waals surface area (Å²) in [6, 6.07) is 14.4. The summed E-state index contributed by atoms with van der Waals surface area (Å²) in [5, 5.41) is 5.21. The summed E-state index contributed by atoms with van der Waals surface area (Å²) >= 11 is 0. The molecule has 2 bridgehead atoms. The Morgan fingerprint density at radius 1 is 1.00 bits per heavy atom. The van der Waals surface area contributed by atoms with Crippen molar-refractivity contribution >= 4 is 51.4 Å². The molecule has 0 radical (unpaired) electrons. The Labute approximate surface area is 431 Å². The number of amides is 1. The van der Waals surface area contributed by atoms with Crippen LogP contribution in [0.5, 0.6) is 6.01 Å². The van der Waals surface area contributed by atoms with E-state index >= 15 is 4.39 Å². The number of ether oxygens (including phenoxy) is 2. The van der Waals surface area contributed by atoms with E-state index in [1.54, 1.807) is 29.3 Å². The number of halogens is 2. The van der Waals surface area contributed by atoms with E-state index in [1.807, 2.05) is 18.2 Å². The first-order valence-corrected chi connectivity index (χ1v) is 25.5. The molecule has 388 valence electrons. The van der Waals surface area contributed by atoms with Crippen molar-refractivity contribution < 1.29 is 37.4 Å². The fourth-order valence-electron chi connectivity index (χ4n) is 12.5. The zero-order chi connectivity index (χ0) is 51.1. The number of terminal acetylenes is 1. The van der Waals surface area contributed by atoms with Crippen molar-refractivity contribution in [1.82, 2.24) is 35.0 Å². The maximum absolute atomic E-state index is 16.8. The quantitative estimate of drug-likeness (QED) is 0.0648. The second-order valence-electron chi connectivity index (χ2n) is 21.0. The number of benzene rings is 3. The zero-order valence-electron chi connectivity index (χ0n) is 41.8. The number of Topliss-reactive ketones (excluding diaryl/α,β-unsaturated/α-hetero) is 2. The number of likely N-dealkylation sites (tertiary alicyclic amines) is 1. The van der Waals surface area contributed by atoms with Crippen LogP contribution in [0.2, 0.25) is 0 Å². The van der Waals surface area contributed by atoms with Gasteiger partial charge in [-0.2, -0.15) is 9.97 Å². The highest BCUT2D eigenvalue weighted by Crippen LogP contribution is 2.45. The molecule has 1 amide bonds. The molecule has 5 atom stereocenters. The molecule has 5 aromatic rings. The average molecular weight is 1010 g/mol. The number of nitrogens with one attached hydrogen (secondary N) is 1. The Bertz CT molecular complexity index is 3050. The van der Waals surface area contributed by atoms with Crippen LogP contribution in [-0.4, -0.2) is 136 Å². The molecule has 0 saturated carbocycles. The number of anilines is 1. The van der Waals surface area contributed by atoms with Crippen LogP contribution in [0.25, 0.3) is 32.9 Å². The third kappa shape index (κ3) is 10.0. The van der Waals surface area contributed by atoms with Crippen molar-refractivity contribution in [2.45, 2.75) is 121 Å². The van der Waals surface area contributed by atoms with Crippen molar-refractivity contribution in [1.29, 1.82) is 0 Å². The number of hydrogen-bond donors (Lipinski definition) is 1. The van der Waals surface area contributed by atoms with Gasteiger partial charge in [-0.15, -0.1) is 6.42 Å². The van der Waals surface area contributed by atoms with E-state index < -0.39 is 17.7 Å². The van der Waals surface area contributed by atoms with E-state index in [1.165, 1.54) is 25.5 Å². The highest BCUT2D eigenvalue weighted by molar-refractivity contribution is 6.03. The van der Waals surface area contributed by atoms with Crippen molar-refractivity contribution in [3.63, 3.8) is 0 Å². The third-order valence-electron chi connectivity index (χ3n) is 16.2. The Kier molecular flexibility index (Phi) is 15.3. The van der Waals surface area contributed by atoms with E-state index in [2.05, 4.69) is 55.6 Å². The number of carbonyl (C=O) groups excluding carboxylic acids is 4. The van der Waals surface area contributed by atoms with E-state index in [0.29, 0.717) is 84.6 Å². The van der Waals surface area contributed by atoms with E-state index in [4.69, 9.17) is 20.9 Å². The number of rotatable bonds is 14. The van der Waals surface area contributed by atoms with Gasteiger partial charge < -0.3 is 34.3 Å². The molecule has 74 heavy (non-hydrogen) atoms. The highest BCUT2D eigenvalue weighted by atomic mass is 19.1. The minimum Gasteiger partial charge on any atom is -0.466 e. The molecule has 16 heteroatoms. The van der Waals surface area contributed by atoms with E-state index in [-0.39, 0.29) is 65.9 Å². The average Bonchev–Trinajstić information content (AvgIpc) is 4.11. The minimum absolute atomic E-state index is 0. The summed E-state index contributed by atoms with van der Waals surface area (Å²) in [5.41, 5.74) is 4.35. The van der Waals surface area contributed by atoms with Crippen LogP contribution in [0.3, 0.4) is 0 Å². The van der Waals surface area contributed by atoms with Crippen molar-refractivity contribution in [2.24, 2.45) is 0 Å². The number of aromatic nitrogens is 3. The molecule has 5 unspecified atom stereocenters. The van der Waals surface area contributed by atoms with Crippen LogP contribution in [0, 0.1) is 24.0 Å². The number of hydrogen-bond acceptors (Lipinski definition) is 13. The lowest BCUT2D eigenvalue weighted by Gasteiger charge is -2.35. The Morgan fingerprint density at radius 3 is 2.46 bits per heavy atom. The monoisotopic (exact) mass is 1010 g/mol. The molecule has 8 heterocycles. The van der Waals surface area contributed by atoms with Crippen LogP contribution in [0.15, 0.2) is 66.9 Å². The predicted octanol–water partition coefficient (Wildman–Crippen LogP) is 8.17. The first-order valence-electron chi connectivity index (χ1n) is 25.5. The van der Waals surface area contributed by atoms with Gasteiger partial charge in [0.05, 0.1) is 22.5 Å². The number of piperidine rings is 1. The molecule has 2 aromatic heterocycles. The summed E-state index contributed by atoms with van der Waals surface area (Å²) in [7, 11) is 2.14.